The molecule has 0 saturated heterocycles. The molecule has 0 spiro atoms. The van der Waals surface area contributed by atoms with E-state index in [0.717, 1.165) is 12.7 Å². The zero-order chi connectivity index (χ0) is 14.5. The quantitative estimate of drug-likeness (QED) is 0.744. The summed E-state index contributed by atoms with van der Waals surface area (Å²) in [5.74, 6) is 0.126. The van der Waals surface area contributed by atoms with Gasteiger partial charge in [0.1, 0.15) is 17.9 Å². The molecule has 0 aliphatic heterocycles. The maximum absolute atomic E-state index is 13.6. The van der Waals surface area contributed by atoms with Crippen LogP contribution in [-0.4, -0.2) is 12.9 Å². The van der Waals surface area contributed by atoms with Gasteiger partial charge in [0.05, 0.1) is 11.6 Å². The lowest BCUT2D eigenvalue weighted by Crippen LogP contribution is -1.98. The van der Waals surface area contributed by atoms with Gasteiger partial charge in [-0.2, -0.15) is 0 Å². The van der Waals surface area contributed by atoms with Crippen LogP contribution in [0.4, 0.5) is 4.39 Å². The Morgan fingerprint density at radius 3 is 2.70 bits per heavy atom. The molecule has 2 rings (SSSR count). The van der Waals surface area contributed by atoms with E-state index in [1.807, 2.05) is 6.92 Å². The monoisotopic (exact) mass is 292 g/mol. The second kappa shape index (κ2) is 6.53. The number of benzene rings is 2. The smallest absolute Gasteiger partial charge is 0.150 e. The Labute approximate surface area is 122 Å². The molecule has 20 heavy (non-hydrogen) atoms. The third kappa shape index (κ3) is 3.17. The van der Waals surface area contributed by atoms with Crippen LogP contribution in [0.5, 0.6) is 5.75 Å². The van der Waals surface area contributed by atoms with Crippen LogP contribution in [0, 0.1) is 5.82 Å². The summed E-state index contributed by atoms with van der Waals surface area (Å²) >= 11 is 5.69. The fourth-order valence-electron chi connectivity index (χ4n) is 1.85. The first-order valence-electron chi connectivity index (χ1n) is 6.33. The highest BCUT2D eigenvalue weighted by Gasteiger charge is 2.10. The molecule has 2 aromatic carbocycles. The van der Waals surface area contributed by atoms with Gasteiger partial charge in [-0.3, -0.25) is 4.79 Å². The van der Waals surface area contributed by atoms with Crippen LogP contribution in [0.15, 0.2) is 36.4 Å². The standard InChI is InChI=1S/C16H14ClFO2/c1-2-7-20-16-6-3-11(10-19)8-13(16)12-4-5-14(17)15(18)9-12/h3-6,8-10H,2,7H2,1H3. The van der Waals surface area contributed by atoms with Crippen LogP contribution >= 0.6 is 11.6 Å². The van der Waals surface area contributed by atoms with Crippen molar-refractivity contribution in [3.05, 3.63) is 52.8 Å². The molecule has 2 aromatic rings. The summed E-state index contributed by atoms with van der Waals surface area (Å²) in [5, 5.41) is 0.0660. The highest BCUT2D eigenvalue weighted by molar-refractivity contribution is 6.30. The van der Waals surface area contributed by atoms with Crippen molar-refractivity contribution in [1.29, 1.82) is 0 Å². The van der Waals surface area contributed by atoms with E-state index in [9.17, 15) is 9.18 Å². The molecule has 0 heterocycles. The average molecular weight is 293 g/mol. The van der Waals surface area contributed by atoms with Crippen LogP contribution in [-0.2, 0) is 0 Å². The molecule has 0 amide bonds. The van der Waals surface area contributed by atoms with Gasteiger partial charge in [0.15, 0.2) is 0 Å². The zero-order valence-electron chi connectivity index (χ0n) is 11.0. The molecule has 104 valence electrons. The number of carbonyl (C=O) groups is 1. The molecular formula is C16H14ClFO2. The number of aldehydes is 1. The summed E-state index contributed by atoms with van der Waals surface area (Å²) in [4.78, 5) is 10.9. The molecule has 0 aliphatic carbocycles. The van der Waals surface area contributed by atoms with Gasteiger partial charge in [-0.1, -0.05) is 24.6 Å². The van der Waals surface area contributed by atoms with Crippen molar-refractivity contribution in [3.8, 4) is 16.9 Å². The Balaban J connectivity index is 2.50. The molecule has 0 atom stereocenters. The van der Waals surface area contributed by atoms with Crippen molar-refractivity contribution in [2.24, 2.45) is 0 Å². The second-order valence-corrected chi connectivity index (χ2v) is 4.76. The molecule has 0 saturated carbocycles. The SMILES string of the molecule is CCCOc1ccc(C=O)cc1-c1ccc(Cl)c(F)c1. The van der Waals surface area contributed by atoms with Crippen molar-refractivity contribution in [1.82, 2.24) is 0 Å². The molecular weight excluding hydrogens is 279 g/mol. The minimum Gasteiger partial charge on any atom is -0.493 e. The number of carbonyl (C=O) groups excluding carboxylic acids is 1. The highest BCUT2D eigenvalue weighted by Crippen LogP contribution is 2.32. The van der Waals surface area contributed by atoms with Crippen LogP contribution in [0.2, 0.25) is 5.02 Å². The Bertz CT molecular complexity index is 626. The molecule has 4 heteroatoms. The van der Waals surface area contributed by atoms with Gasteiger partial charge in [-0.15, -0.1) is 0 Å². The first-order valence-corrected chi connectivity index (χ1v) is 6.71. The molecule has 0 radical (unpaired) electrons. The van der Waals surface area contributed by atoms with E-state index >= 15 is 0 Å². The van der Waals surface area contributed by atoms with Crippen molar-refractivity contribution in [3.63, 3.8) is 0 Å². The third-order valence-electron chi connectivity index (χ3n) is 2.83. The number of ether oxygens (including phenoxy) is 1. The topological polar surface area (TPSA) is 26.3 Å². The van der Waals surface area contributed by atoms with Crippen LogP contribution < -0.4 is 4.74 Å². The van der Waals surface area contributed by atoms with E-state index in [-0.39, 0.29) is 5.02 Å². The van der Waals surface area contributed by atoms with Gasteiger partial charge in [0, 0.05) is 11.1 Å². The van der Waals surface area contributed by atoms with Crippen molar-refractivity contribution >= 4 is 17.9 Å². The van der Waals surface area contributed by atoms with Crippen molar-refractivity contribution in [2.75, 3.05) is 6.61 Å². The van der Waals surface area contributed by atoms with Crippen molar-refractivity contribution < 1.29 is 13.9 Å². The number of halogens is 2. The first-order chi connectivity index (χ1) is 9.65. The van der Waals surface area contributed by atoms with Gasteiger partial charge >= 0.3 is 0 Å². The van der Waals surface area contributed by atoms with Gasteiger partial charge in [0.2, 0.25) is 0 Å². The van der Waals surface area contributed by atoms with E-state index in [1.165, 1.54) is 12.1 Å². The Morgan fingerprint density at radius 2 is 2.05 bits per heavy atom. The fraction of sp³-hybridized carbons (Fsp3) is 0.188. The Kier molecular flexibility index (Phi) is 4.74. The van der Waals surface area contributed by atoms with E-state index in [1.54, 1.807) is 24.3 Å². The molecule has 2 nitrogen and oxygen atoms in total. The summed E-state index contributed by atoms with van der Waals surface area (Å²) < 4.78 is 19.2. The number of rotatable bonds is 5. The average Bonchev–Trinajstić information content (AvgIpc) is 2.48. The molecule has 0 bridgehead atoms. The lowest BCUT2D eigenvalue weighted by Gasteiger charge is -2.12. The maximum atomic E-state index is 13.6. The predicted octanol–water partition coefficient (Wildman–Crippen LogP) is 4.75. The van der Waals surface area contributed by atoms with Crippen LogP contribution in [0.25, 0.3) is 11.1 Å². The van der Waals surface area contributed by atoms with E-state index in [4.69, 9.17) is 16.3 Å². The van der Waals surface area contributed by atoms with E-state index in [0.29, 0.717) is 29.0 Å². The van der Waals surface area contributed by atoms with Gasteiger partial charge < -0.3 is 4.74 Å². The summed E-state index contributed by atoms with van der Waals surface area (Å²) in [6.45, 7) is 2.56. The Morgan fingerprint density at radius 1 is 1.25 bits per heavy atom. The number of hydrogen-bond acceptors (Lipinski definition) is 2. The normalized spacial score (nSPS) is 10.3. The zero-order valence-corrected chi connectivity index (χ0v) is 11.8. The predicted molar refractivity (Wildman–Crippen MR) is 78.0 cm³/mol. The fourth-order valence-corrected chi connectivity index (χ4v) is 1.97. The summed E-state index contributed by atoms with van der Waals surface area (Å²) in [6, 6.07) is 9.61. The molecule has 0 N–H and O–H groups in total. The van der Waals surface area contributed by atoms with Gasteiger partial charge in [0.25, 0.3) is 0 Å². The second-order valence-electron chi connectivity index (χ2n) is 4.35. The van der Waals surface area contributed by atoms with Crippen LogP contribution in [0.1, 0.15) is 23.7 Å². The van der Waals surface area contributed by atoms with Gasteiger partial charge in [-0.05, 0) is 42.3 Å². The van der Waals surface area contributed by atoms with Crippen molar-refractivity contribution in [2.45, 2.75) is 13.3 Å². The lowest BCUT2D eigenvalue weighted by molar-refractivity contribution is 0.112. The minimum absolute atomic E-state index is 0.0660. The summed E-state index contributed by atoms with van der Waals surface area (Å²) in [6.07, 6.45) is 1.61. The first kappa shape index (κ1) is 14.5. The van der Waals surface area contributed by atoms with E-state index < -0.39 is 5.82 Å². The summed E-state index contributed by atoms with van der Waals surface area (Å²) in [7, 11) is 0. The van der Waals surface area contributed by atoms with Crippen LogP contribution in [0.3, 0.4) is 0 Å². The number of hydrogen-bond donors (Lipinski definition) is 0. The molecule has 0 aliphatic rings. The largest absolute Gasteiger partial charge is 0.493 e. The molecule has 0 aromatic heterocycles. The van der Waals surface area contributed by atoms with Gasteiger partial charge in [-0.25, -0.2) is 4.39 Å². The van der Waals surface area contributed by atoms with E-state index in [2.05, 4.69) is 0 Å². The highest BCUT2D eigenvalue weighted by atomic mass is 35.5. The third-order valence-corrected chi connectivity index (χ3v) is 3.14. The minimum atomic E-state index is -0.498. The maximum Gasteiger partial charge on any atom is 0.150 e. The molecule has 0 fully saturated rings. The summed E-state index contributed by atoms with van der Waals surface area (Å²) in [5.41, 5.74) is 1.82. The lowest BCUT2D eigenvalue weighted by atomic mass is 10.0. The Hall–Kier alpha value is -1.87. The molecule has 0 unspecified atom stereocenters.